The minimum Gasteiger partial charge on any atom is -0.444 e. The molecule has 1 aliphatic heterocycles. The quantitative estimate of drug-likeness (QED) is 0.409. The standard InChI is InChI=1S/C23H35N5OS/c1-17-18(2)29-22(26-17)16-28-12-10-19(11-13-28)14-25-23(24-3)27(4)15-20-6-8-21(30-5)9-7-20/h6-9,19H,10-16H2,1-5H3,(H,24,25). The van der Waals surface area contributed by atoms with Crippen LogP contribution in [0.25, 0.3) is 0 Å². The number of benzene rings is 1. The minimum absolute atomic E-state index is 0.667. The predicted octanol–water partition coefficient (Wildman–Crippen LogP) is 3.93. The Kier molecular flexibility index (Phi) is 8.22. The first-order valence-electron chi connectivity index (χ1n) is 10.7. The van der Waals surface area contributed by atoms with Gasteiger partial charge in [-0.15, -0.1) is 11.8 Å². The highest BCUT2D eigenvalue weighted by molar-refractivity contribution is 7.98. The lowest BCUT2D eigenvalue weighted by molar-refractivity contribution is 0.163. The summed E-state index contributed by atoms with van der Waals surface area (Å²) in [4.78, 5) is 14.9. The van der Waals surface area contributed by atoms with E-state index in [1.807, 2.05) is 20.9 Å². The number of piperidine rings is 1. The van der Waals surface area contributed by atoms with Crippen molar-refractivity contribution < 1.29 is 4.42 Å². The number of nitrogens with one attached hydrogen (secondary N) is 1. The van der Waals surface area contributed by atoms with E-state index in [9.17, 15) is 0 Å². The molecule has 1 fully saturated rings. The van der Waals surface area contributed by atoms with Crippen LogP contribution >= 0.6 is 11.8 Å². The van der Waals surface area contributed by atoms with Crippen LogP contribution in [0.3, 0.4) is 0 Å². The van der Waals surface area contributed by atoms with Crippen LogP contribution in [0.15, 0.2) is 38.6 Å². The number of nitrogens with zero attached hydrogens (tertiary/aromatic N) is 4. The largest absolute Gasteiger partial charge is 0.444 e. The fourth-order valence-corrected chi connectivity index (χ4v) is 4.26. The Hall–Kier alpha value is -1.99. The molecule has 0 saturated carbocycles. The number of aromatic nitrogens is 1. The third kappa shape index (κ3) is 6.25. The second kappa shape index (κ2) is 10.9. The Morgan fingerprint density at radius 3 is 2.53 bits per heavy atom. The topological polar surface area (TPSA) is 56.9 Å². The van der Waals surface area contributed by atoms with E-state index in [0.717, 1.165) is 56.0 Å². The maximum absolute atomic E-state index is 5.74. The van der Waals surface area contributed by atoms with Crippen LogP contribution in [-0.2, 0) is 13.1 Å². The van der Waals surface area contributed by atoms with Gasteiger partial charge in [0, 0.05) is 32.1 Å². The van der Waals surface area contributed by atoms with Gasteiger partial charge in [0.1, 0.15) is 5.76 Å². The van der Waals surface area contributed by atoms with Gasteiger partial charge in [-0.3, -0.25) is 9.89 Å². The Balaban J connectivity index is 1.41. The molecule has 1 aliphatic rings. The van der Waals surface area contributed by atoms with Gasteiger partial charge in [0.05, 0.1) is 12.2 Å². The second-order valence-corrected chi connectivity index (χ2v) is 8.98. The monoisotopic (exact) mass is 429 g/mol. The molecule has 6 nitrogen and oxygen atoms in total. The summed E-state index contributed by atoms with van der Waals surface area (Å²) >= 11 is 1.77. The lowest BCUT2D eigenvalue weighted by atomic mass is 9.97. The van der Waals surface area contributed by atoms with Gasteiger partial charge in [-0.1, -0.05) is 12.1 Å². The van der Waals surface area contributed by atoms with Gasteiger partial charge in [-0.2, -0.15) is 0 Å². The number of thioether (sulfide) groups is 1. The third-order valence-electron chi connectivity index (χ3n) is 5.84. The van der Waals surface area contributed by atoms with Gasteiger partial charge in [0.15, 0.2) is 5.96 Å². The summed E-state index contributed by atoms with van der Waals surface area (Å²) < 4.78 is 5.74. The highest BCUT2D eigenvalue weighted by Gasteiger charge is 2.21. The van der Waals surface area contributed by atoms with Crippen LogP contribution in [-0.4, -0.2) is 60.7 Å². The molecule has 0 aliphatic carbocycles. The highest BCUT2D eigenvalue weighted by atomic mass is 32.2. The zero-order chi connectivity index (χ0) is 21.5. The number of aliphatic imine (C=N–C) groups is 1. The molecule has 0 radical (unpaired) electrons. The van der Waals surface area contributed by atoms with E-state index in [4.69, 9.17) is 4.42 Å². The number of likely N-dealkylation sites (tertiary alicyclic amines) is 1. The molecular weight excluding hydrogens is 394 g/mol. The summed E-state index contributed by atoms with van der Waals surface area (Å²) in [5.41, 5.74) is 2.29. The normalized spacial score (nSPS) is 16.1. The molecule has 2 heterocycles. The van der Waals surface area contributed by atoms with Gasteiger partial charge >= 0.3 is 0 Å². The molecule has 1 aromatic heterocycles. The zero-order valence-corrected chi connectivity index (χ0v) is 19.8. The van der Waals surface area contributed by atoms with Crippen LogP contribution in [0.1, 0.15) is 35.7 Å². The zero-order valence-electron chi connectivity index (χ0n) is 18.9. The summed E-state index contributed by atoms with van der Waals surface area (Å²) in [6, 6.07) is 8.75. The molecule has 0 bridgehead atoms. The highest BCUT2D eigenvalue weighted by Crippen LogP contribution is 2.20. The van der Waals surface area contributed by atoms with Crippen LogP contribution < -0.4 is 5.32 Å². The maximum atomic E-state index is 5.74. The number of hydrogen-bond donors (Lipinski definition) is 1. The van der Waals surface area contributed by atoms with E-state index in [-0.39, 0.29) is 0 Å². The number of hydrogen-bond acceptors (Lipinski definition) is 5. The van der Waals surface area contributed by atoms with Crippen molar-refractivity contribution in [2.75, 3.05) is 40.0 Å². The smallest absolute Gasteiger partial charge is 0.208 e. The average molecular weight is 430 g/mol. The molecule has 1 saturated heterocycles. The van der Waals surface area contributed by atoms with Crippen molar-refractivity contribution in [2.45, 2.75) is 44.7 Å². The SMILES string of the molecule is CN=C(NCC1CCN(Cc2nc(C)c(C)o2)CC1)N(C)Cc1ccc(SC)cc1. The maximum Gasteiger partial charge on any atom is 0.208 e. The van der Waals surface area contributed by atoms with Crippen molar-refractivity contribution in [3.05, 3.63) is 47.2 Å². The van der Waals surface area contributed by atoms with Crippen molar-refractivity contribution in [1.29, 1.82) is 0 Å². The summed E-state index contributed by atoms with van der Waals surface area (Å²) in [5.74, 6) is 3.39. The molecule has 0 spiro atoms. The summed E-state index contributed by atoms with van der Waals surface area (Å²) in [7, 11) is 3.96. The third-order valence-corrected chi connectivity index (χ3v) is 6.58. The molecule has 2 aromatic rings. The minimum atomic E-state index is 0.667. The molecule has 30 heavy (non-hydrogen) atoms. The molecule has 0 unspecified atom stereocenters. The van der Waals surface area contributed by atoms with Gasteiger partial charge in [-0.25, -0.2) is 4.98 Å². The van der Waals surface area contributed by atoms with E-state index in [2.05, 4.69) is 62.7 Å². The van der Waals surface area contributed by atoms with Crippen LogP contribution in [0.2, 0.25) is 0 Å². The Morgan fingerprint density at radius 2 is 1.97 bits per heavy atom. The Bertz CT molecular complexity index is 805. The van der Waals surface area contributed by atoms with Crippen LogP contribution in [0.4, 0.5) is 0 Å². The molecule has 1 N–H and O–H groups in total. The fourth-order valence-electron chi connectivity index (χ4n) is 3.85. The van der Waals surface area contributed by atoms with Crippen molar-refractivity contribution >= 4 is 17.7 Å². The number of rotatable bonds is 7. The van der Waals surface area contributed by atoms with Gasteiger partial charge in [0.25, 0.3) is 0 Å². The Labute approximate surface area is 185 Å². The van der Waals surface area contributed by atoms with E-state index in [0.29, 0.717) is 5.92 Å². The number of guanidine groups is 1. The van der Waals surface area contributed by atoms with Gasteiger partial charge in [0.2, 0.25) is 5.89 Å². The second-order valence-electron chi connectivity index (χ2n) is 8.10. The molecule has 1 aromatic carbocycles. The van der Waals surface area contributed by atoms with E-state index >= 15 is 0 Å². The summed E-state index contributed by atoms with van der Waals surface area (Å²) in [6.45, 7) is 8.78. The van der Waals surface area contributed by atoms with Crippen LogP contribution in [0, 0.1) is 19.8 Å². The van der Waals surface area contributed by atoms with Crippen molar-refractivity contribution in [3.8, 4) is 0 Å². The summed E-state index contributed by atoms with van der Waals surface area (Å²) in [6.07, 6.45) is 4.47. The van der Waals surface area contributed by atoms with Gasteiger partial charge < -0.3 is 14.6 Å². The molecule has 0 amide bonds. The first-order valence-corrected chi connectivity index (χ1v) is 11.9. The van der Waals surface area contributed by atoms with Crippen molar-refractivity contribution in [3.63, 3.8) is 0 Å². The van der Waals surface area contributed by atoms with E-state index < -0.39 is 0 Å². The first kappa shape index (κ1) is 22.7. The molecule has 164 valence electrons. The lowest BCUT2D eigenvalue weighted by Crippen LogP contribution is -2.43. The molecule has 7 heteroatoms. The van der Waals surface area contributed by atoms with E-state index in [1.165, 1.54) is 23.3 Å². The first-order chi connectivity index (χ1) is 14.5. The molecular formula is C23H35N5OS. The number of aryl methyl sites for hydroxylation is 2. The summed E-state index contributed by atoms with van der Waals surface area (Å²) in [5, 5.41) is 3.58. The molecule has 3 rings (SSSR count). The molecule has 0 atom stereocenters. The number of oxazole rings is 1. The lowest BCUT2D eigenvalue weighted by Gasteiger charge is -2.32. The van der Waals surface area contributed by atoms with Gasteiger partial charge in [-0.05, 0) is 69.6 Å². The average Bonchev–Trinajstić information content (AvgIpc) is 3.07. The Morgan fingerprint density at radius 1 is 1.27 bits per heavy atom. The van der Waals surface area contributed by atoms with Crippen LogP contribution in [0.5, 0.6) is 0 Å². The predicted molar refractivity (Wildman–Crippen MR) is 125 cm³/mol. The van der Waals surface area contributed by atoms with Crippen molar-refractivity contribution in [1.82, 2.24) is 20.1 Å². The fraction of sp³-hybridized carbons (Fsp3) is 0.565. The van der Waals surface area contributed by atoms with Crippen molar-refractivity contribution in [2.24, 2.45) is 10.9 Å². The van der Waals surface area contributed by atoms with E-state index in [1.54, 1.807) is 11.8 Å².